The van der Waals surface area contributed by atoms with E-state index in [1.165, 1.54) is 0 Å². The number of nitrogens with one attached hydrogen (secondary N) is 1. The van der Waals surface area contributed by atoms with Crippen LogP contribution in [-0.4, -0.2) is 25.9 Å². The number of hydrogen-bond acceptors (Lipinski definition) is 5. The molecule has 0 aromatic heterocycles. The van der Waals surface area contributed by atoms with Gasteiger partial charge in [0.05, 0.1) is 4.92 Å². The molecule has 0 aliphatic heterocycles. The van der Waals surface area contributed by atoms with E-state index in [0.29, 0.717) is 0 Å². The first-order valence-corrected chi connectivity index (χ1v) is 8.50. The Balaban J connectivity index is 2.34. The Hall–Kier alpha value is -1.58. The second kappa shape index (κ2) is 6.67. The summed E-state index contributed by atoms with van der Waals surface area (Å²) in [5.41, 5.74) is 4.59. The molecule has 0 heterocycles. The number of nitrogens with zero attached hydrogens (tertiary/aromatic N) is 1. The second-order valence-corrected chi connectivity index (χ2v) is 7.03. The standard InChI is InChI=1S/C13H18FN3O4S/c14-10-6-3-7-12(13(10)17(18)19)22(20,21)16-11(8-15)9-4-1-2-5-9/h3,6-7,9,11,16H,1-2,4-5,8,15H2. The maximum atomic E-state index is 13.6. The van der Waals surface area contributed by atoms with Crippen molar-refractivity contribution in [2.24, 2.45) is 11.7 Å². The van der Waals surface area contributed by atoms with E-state index in [1.807, 2.05) is 0 Å². The van der Waals surface area contributed by atoms with E-state index in [0.717, 1.165) is 43.9 Å². The van der Waals surface area contributed by atoms with E-state index in [4.69, 9.17) is 5.73 Å². The third-order valence-electron chi connectivity index (χ3n) is 3.95. The SMILES string of the molecule is NCC(NS(=O)(=O)c1cccc(F)c1[N+](=O)[O-])C1CCCC1. The third kappa shape index (κ3) is 3.42. The molecule has 0 spiro atoms. The molecule has 0 bridgehead atoms. The van der Waals surface area contributed by atoms with Crippen LogP contribution in [-0.2, 0) is 10.0 Å². The molecule has 7 nitrogen and oxygen atoms in total. The van der Waals surface area contributed by atoms with Gasteiger partial charge in [0.25, 0.3) is 0 Å². The predicted molar refractivity (Wildman–Crippen MR) is 78.2 cm³/mol. The summed E-state index contributed by atoms with van der Waals surface area (Å²) in [7, 11) is -4.22. The molecule has 0 saturated heterocycles. The van der Waals surface area contributed by atoms with Gasteiger partial charge in [-0.2, -0.15) is 4.39 Å². The molecular formula is C13H18FN3O4S. The summed E-state index contributed by atoms with van der Waals surface area (Å²) in [6, 6.07) is 2.50. The Labute approximate surface area is 127 Å². The highest BCUT2D eigenvalue weighted by atomic mass is 32.2. The van der Waals surface area contributed by atoms with Gasteiger partial charge in [-0.3, -0.25) is 10.1 Å². The maximum absolute atomic E-state index is 13.6. The zero-order chi connectivity index (χ0) is 16.3. The van der Waals surface area contributed by atoms with Crippen LogP contribution >= 0.6 is 0 Å². The molecule has 22 heavy (non-hydrogen) atoms. The largest absolute Gasteiger partial charge is 0.329 e. The maximum Gasteiger partial charge on any atom is 0.324 e. The minimum atomic E-state index is -4.22. The topological polar surface area (TPSA) is 115 Å². The van der Waals surface area contributed by atoms with Gasteiger partial charge in [0.2, 0.25) is 15.8 Å². The summed E-state index contributed by atoms with van der Waals surface area (Å²) in [4.78, 5) is 9.25. The lowest BCUT2D eigenvalue weighted by Gasteiger charge is -2.22. The van der Waals surface area contributed by atoms with Crippen LogP contribution in [0.1, 0.15) is 25.7 Å². The first kappa shape index (κ1) is 16.8. The van der Waals surface area contributed by atoms with Crippen molar-refractivity contribution in [3.05, 3.63) is 34.1 Å². The summed E-state index contributed by atoms with van der Waals surface area (Å²) < 4.78 is 40.8. The smallest absolute Gasteiger partial charge is 0.324 e. The van der Waals surface area contributed by atoms with Crippen LogP contribution in [0.3, 0.4) is 0 Å². The summed E-state index contributed by atoms with van der Waals surface area (Å²) in [5, 5.41) is 10.9. The molecule has 1 aliphatic rings. The number of rotatable bonds is 6. The van der Waals surface area contributed by atoms with Gasteiger partial charge in [0.1, 0.15) is 0 Å². The molecule has 1 aromatic rings. The minimum absolute atomic E-state index is 0.0903. The van der Waals surface area contributed by atoms with Gasteiger partial charge in [-0.25, -0.2) is 13.1 Å². The summed E-state index contributed by atoms with van der Waals surface area (Å²) in [6.07, 6.45) is 3.72. The molecule has 1 aromatic carbocycles. The average molecular weight is 331 g/mol. The van der Waals surface area contributed by atoms with E-state index in [-0.39, 0.29) is 12.5 Å². The number of para-hydroxylation sites is 1. The molecule has 1 saturated carbocycles. The molecule has 1 unspecified atom stereocenters. The monoisotopic (exact) mass is 331 g/mol. The van der Waals surface area contributed by atoms with Crippen molar-refractivity contribution in [1.29, 1.82) is 0 Å². The second-order valence-electron chi connectivity index (χ2n) is 5.35. The molecule has 0 radical (unpaired) electrons. The van der Waals surface area contributed by atoms with Gasteiger partial charge in [0.15, 0.2) is 4.90 Å². The average Bonchev–Trinajstić information content (AvgIpc) is 2.98. The lowest BCUT2D eigenvalue weighted by Crippen LogP contribution is -2.44. The number of nitro groups is 1. The van der Waals surface area contributed by atoms with Crippen molar-refractivity contribution in [3.8, 4) is 0 Å². The Morgan fingerprint density at radius 1 is 1.41 bits per heavy atom. The van der Waals surface area contributed by atoms with Crippen LogP contribution in [0.2, 0.25) is 0 Å². The van der Waals surface area contributed by atoms with Crippen LogP contribution in [0.5, 0.6) is 0 Å². The first-order valence-electron chi connectivity index (χ1n) is 7.02. The van der Waals surface area contributed by atoms with Crippen LogP contribution in [0.25, 0.3) is 0 Å². The van der Waals surface area contributed by atoms with E-state index >= 15 is 0 Å². The molecule has 9 heteroatoms. The Morgan fingerprint density at radius 2 is 2.05 bits per heavy atom. The molecule has 1 atom stereocenters. The fourth-order valence-corrected chi connectivity index (χ4v) is 4.35. The molecule has 1 fully saturated rings. The van der Waals surface area contributed by atoms with Crippen LogP contribution in [0, 0.1) is 21.8 Å². The fraction of sp³-hybridized carbons (Fsp3) is 0.538. The van der Waals surface area contributed by atoms with E-state index in [2.05, 4.69) is 4.72 Å². The lowest BCUT2D eigenvalue weighted by atomic mass is 9.99. The van der Waals surface area contributed by atoms with Crippen molar-refractivity contribution >= 4 is 15.7 Å². The lowest BCUT2D eigenvalue weighted by molar-refractivity contribution is -0.390. The van der Waals surface area contributed by atoms with Crippen molar-refractivity contribution in [1.82, 2.24) is 4.72 Å². The van der Waals surface area contributed by atoms with Gasteiger partial charge in [-0.15, -0.1) is 0 Å². The number of nitro benzene ring substituents is 1. The highest BCUT2D eigenvalue weighted by molar-refractivity contribution is 7.89. The van der Waals surface area contributed by atoms with Crippen LogP contribution < -0.4 is 10.5 Å². The van der Waals surface area contributed by atoms with Crippen LogP contribution in [0.4, 0.5) is 10.1 Å². The highest BCUT2D eigenvalue weighted by Gasteiger charge is 2.33. The van der Waals surface area contributed by atoms with Gasteiger partial charge in [-0.1, -0.05) is 18.9 Å². The number of nitrogens with two attached hydrogens (primary N) is 1. The van der Waals surface area contributed by atoms with Crippen molar-refractivity contribution in [2.45, 2.75) is 36.6 Å². The Bertz CT molecular complexity index is 659. The van der Waals surface area contributed by atoms with E-state index in [9.17, 15) is 22.9 Å². The molecule has 1 aliphatic carbocycles. The predicted octanol–water partition coefficient (Wildman–Crippen LogP) is 1.53. The van der Waals surface area contributed by atoms with Gasteiger partial charge in [0, 0.05) is 12.6 Å². The summed E-state index contributed by atoms with van der Waals surface area (Å²) >= 11 is 0. The fourth-order valence-electron chi connectivity index (χ4n) is 2.85. The zero-order valence-electron chi connectivity index (χ0n) is 11.9. The number of benzene rings is 1. The molecule has 122 valence electrons. The van der Waals surface area contributed by atoms with Gasteiger partial charge < -0.3 is 5.73 Å². The van der Waals surface area contributed by atoms with Gasteiger partial charge in [-0.05, 0) is 30.9 Å². The van der Waals surface area contributed by atoms with Crippen molar-refractivity contribution < 1.29 is 17.7 Å². The number of halogens is 1. The quantitative estimate of drug-likeness (QED) is 0.606. The molecule has 3 N–H and O–H groups in total. The summed E-state index contributed by atoms with van der Waals surface area (Å²) in [6.45, 7) is 0.0903. The Morgan fingerprint density at radius 3 is 2.59 bits per heavy atom. The van der Waals surface area contributed by atoms with Gasteiger partial charge >= 0.3 is 5.69 Å². The highest BCUT2D eigenvalue weighted by Crippen LogP contribution is 2.30. The normalized spacial score (nSPS) is 17.5. The van der Waals surface area contributed by atoms with Crippen molar-refractivity contribution in [3.63, 3.8) is 0 Å². The summed E-state index contributed by atoms with van der Waals surface area (Å²) in [5.74, 6) is -1.08. The van der Waals surface area contributed by atoms with E-state index in [1.54, 1.807) is 0 Å². The molecule has 2 rings (SSSR count). The number of sulfonamides is 1. The third-order valence-corrected chi connectivity index (χ3v) is 5.47. The first-order chi connectivity index (χ1) is 10.4. The van der Waals surface area contributed by atoms with Crippen molar-refractivity contribution in [2.75, 3.05) is 6.54 Å². The molecular weight excluding hydrogens is 313 g/mol. The van der Waals surface area contributed by atoms with E-state index < -0.39 is 37.4 Å². The van der Waals surface area contributed by atoms with Crippen LogP contribution in [0.15, 0.2) is 23.1 Å². The Kier molecular flexibility index (Phi) is 5.09. The number of hydrogen-bond donors (Lipinski definition) is 2. The zero-order valence-corrected chi connectivity index (χ0v) is 12.7. The molecule has 0 amide bonds. The minimum Gasteiger partial charge on any atom is -0.329 e.